The lowest BCUT2D eigenvalue weighted by Crippen LogP contribution is -2.47. The van der Waals surface area contributed by atoms with Gasteiger partial charge in [0.2, 0.25) is 5.91 Å². The molecule has 1 aliphatic heterocycles. The first-order valence-electron chi connectivity index (χ1n) is 11.8. The number of aryl methyl sites for hydroxylation is 1. The van der Waals surface area contributed by atoms with Crippen molar-refractivity contribution in [1.82, 2.24) is 4.98 Å². The van der Waals surface area contributed by atoms with E-state index in [1.165, 1.54) is 11.3 Å². The average Bonchev–Trinajstić information content (AvgIpc) is 3.26. The number of rotatable bonds is 4. The van der Waals surface area contributed by atoms with E-state index in [0.717, 1.165) is 33.2 Å². The van der Waals surface area contributed by atoms with Crippen molar-refractivity contribution < 1.29 is 9.59 Å². The number of hydrogen-bond acceptors (Lipinski definition) is 4. The van der Waals surface area contributed by atoms with Gasteiger partial charge in [-0.2, -0.15) is 0 Å². The van der Waals surface area contributed by atoms with E-state index in [1.54, 1.807) is 6.92 Å². The Balaban J connectivity index is 1.55. The van der Waals surface area contributed by atoms with Gasteiger partial charge < -0.3 is 9.80 Å². The van der Waals surface area contributed by atoms with Crippen LogP contribution in [0.2, 0.25) is 0 Å². The summed E-state index contributed by atoms with van der Waals surface area (Å²) < 4.78 is 0. The molecule has 3 aromatic carbocycles. The summed E-state index contributed by atoms with van der Waals surface area (Å²) in [5.41, 5.74) is 4.42. The Morgan fingerprint density at radius 1 is 0.943 bits per heavy atom. The molecule has 5 rings (SSSR count). The summed E-state index contributed by atoms with van der Waals surface area (Å²) in [4.78, 5) is 35.8. The van der Waals surface area contributed by atoms with E-state index >= 15 is 0 Å². The molecule has 0 fully saturated rings. The zero-order valence-corrected chi connectivity index (χ0v) is 20.8. The molecule has 2 atom stereocenters. The second kappa shape index (κ2) is 9.47. The van der Waals surface area contributed by atoms with Gasteiger partial charge in [-0.15, -0.1) is 11.3 Å². The van der Waals surface area contributed by atoms with Crippen LogP contribution in [0.5, 0.6) is 0 Å². The Labute approximate surface area is 209 Å². The van der Waals surface area contributed by atoms with Crippen molar-refractivity contribution in [1.29, 1.82) is 0 Å². The lowest BCUT2D eigenvalue weighted by molar-refractivity contribution is -0.117. The number of carbonyl (C=O) groups is 2. The molecular formula is C29H27N3O2S. The van der Waals surface area contributed by atoms with Gasteiger partial charge >= 0.3 is 0 Å². The first-order valence-corrected chi connectivity index (χ1v) is 12.6. The van der Waals surface area contributed by atoms with Gasteiger partial charge in [0, 0.05) is 29.9 Å². The number of hydrogen-bond donors (Lipinski definition) is 0. The highest BCUT2D eigenvalue weighted by Gasteiger charge is 2.39. The first-order chi connectivity index (χ1) is 17.0. The van der Waals surface area contributed by atoms with Crippen LogP contribution in [-0.4, -0.2) is 22.8 Å². The largest absolute Gasteiger partial charge is 0.305 e. The molecule has 0 radical (unpaired) electrons. The van der Waals surface area contributed by atoms with Crippen LogP contribution in [0, 0.1) is 6.92 Å². The lowest BCUT2D eigenvalue weighted by Gasteiger charge is -2.43. The number of fused-ring (bicyclic) bond motifs is 1. The third kappa shape index (κ3) is 4.26. The van der Waals surface area contributed by atoms with Crippen molar-refractivity contribution in [2.24, 2.45) is 0 Å². The maximum absolute atomic E-state index is 13.9. The number of carbonyl (C=O) groups excluding carboxylic acids is 2. The molecule has 2 amide bonds. The van der Waals surface area contributed by atoms with E-state index in [1.807, 2.05) is 102 Å². The maximum atomic E-state index is 13.9. The summed E-state index contributed by atoms with van der Waals surface area (Å²) in [6, 6.07) is 27.3. The summed E-state index contributed by atoms with van der Waals surface area (Å²) in [6.07, 6.45) is 0.640. The summed E-state index contributed by atoms with van der Waals surface area (Å²) in [6.45, 7) is 5.55. The lowest BCUT2D eigenvalue weighted by atomic mass is 9.89. The van der Waals surface area contributed by atoms with Gasteiger partial charge in [-0.25, -0.2) is 4.98 Å². The topological polar surface area (TPSA) is 53.5 Å². The van der Waals surface area contributed by atoms with Crippen LogP contribution in [0.3, 0.4) is 0 Å². The van der Waals surface area contributed by atoms with Crippen molar-refractivity contribution >= 4 is 34.5 Å². The quantitative estimate of drug-likeness (QED) is 0.328. The van der Waals surface area contributed by atoms with E-state index in [4.69, 9.17) is 4.98 Å². The molecule has 0 aliphatic carbocycles. The van der Waals surface area contributed by atoms with Crippen LogP contribution in [0.4, 0.5) is 11.4 Å². The SMILES string of the molecule is CC(=O)N(c1ccccc1)[C@@H]1C[C@H](C)N(C(=O)c2sc(-c3ccccc3)nc2C)c2ccccc21. The molecule has 1 aliphatic rings. The van der Waals surface area contributed by atoms with Gasteiger partial charge in [0.15, 0.2) is 0 Å². The monoisotopic (exact) mass is 481 g/mol. The van der Waals surface area contributed by atoms with E-state index in [0.29, 0.717) is 11.3 Å². The van der Waals surface area contributed by atoms with Crippen molar-refractivity contribution in [3.8, 4) is 10.6 Å². The fraction of sp³-hybridized carbons (Fsp3) is 0.207. The van der Waals surface area contributed by atoms with Crippen molar-refractivity contribution in [3.05, 3.63) is 101 Å². The predicted octanol–water partition coefficient (Wildman–Crippen LogP) is 6.65. The van der Waals surface area contributed by atoms with E-state index in [9.17, 15) is 9.59 Å². The first kappa shape index (κ1) is 23.0. The minimum Gasteiger partial charge on any atom is -0.305 e. The summed E-state index contributed by atoms with van der Waals surface area (Å²) in [5, 5.41) is 0.842. The fourth-order valence-electron chi connectivity index (χ4n) is 4.91. The number of amides is 2. The molecule has 0 unspecified atom stereocenters. The molecule has 0 saturated carbocycles. The van der Waals surface area contributed by atoms with E-state index < -0.39 is 0 Å². The van der Waals surface area contributed by atoms with Crippen LogP contribution in [0.1, 0.15) is 47.2 Å². The number of aromatic nitrogens is 1. The van der Waals surface area contributed by atoms with Crippen LogP contribution in [0.25, 0.3) is 10.6 Å². The molecule has 0 N–H and O–H groups in total. The van der Waals surface area contributed by atoms with Gasteiger partial charge in [0.25, 0.3) is 5.91 Å². The molecule has 2 heterocycles. The van der Waals surface area contributed by atoms with Gasteiger partial charge in [-0.05, 0) is 44.0 Å². The smallest absolute Gasteiger partial charge is 0.270 e. The number of para-hydroxylation sites is 2. The maximum Gasteiger partial charge on any atom is 0.270 e. The minimum atomic E-state index is -0.160. The third-order valence-corrected chi connectivity index (χ3v) is 7.67. The average molecular weight is 482 g/mol. The number of nitrogens with zero attached hydrogens (tertiary/aromatic N) is 3. The van der Waals surface area contributed by atoms with E-state index in [-0.39, 0.29) is 23.9 Å². The normalized spacial score (nSPS) is 17.1. The van der Waals surface area contributed by atoms with Gasteiger partial charge in [0.05, 0.1) is 11.7 Å². The van der Waals surface area contributed by atoms with Gasteiger partial charge in [-0.3, -0.25) is 9.59 Å². The predicted molar refractivity (Wildman–Crippen MR) is 142 cm³/mol. The molecule has 35 heavy (non-hydrogen) atoms. The van der Waals surface area contributed by atoms with Crippen molar-refractivity contribution in [2.45, 2.75) is 39.3 Å². The Morgan fingerprint density at radius 2 is 1.57 bits per heavy atom. The Morgan fingerprint density at radius 3 is 2.26 bits per heavy atom. The minimum absolute atomic E-state index is 0.0196. The summed E-state index contributed by atoms with van der Waals surface area (Å²) >= 11 is 1.43. The number of thiazole rings is 1. The highest BCUT2D eigenvalue weighted by atomic mass is 32.1. The molecule has 0 spiro atoms. The zero-order valence-electron chi connectivity index (χ0n) is 20.0. The van der Waals surface area contributed by atoms with Crippen LogP contribution in [-0.2, 0) is 4.79 Å². The molecular weight excluding hydrogens is 454 g/mol. The van der Waals surface area contributed by atoms with Crippen LogP contribution < -0.4 is 9.80 Å². The van der Waals surface area contributed by atoms with Crippen LogP contribution >= 0.6 is 11.3 Å². The zero-order chi connectivity index (χ0) is 24.5. The Kier molecular flexibility index (Phi) is 6.22. The van der Waals surface area contributed by atoms with Crippen LogP contribution in [0.15, 0.2) is 84.9 Å². The molecule has 0 bridgehead atoms. The van der Waals surface area contributed by atoms with Gasteiger partial charge in [-0.1, -0.05) is 66.7 Å². The summed E-state index contributed by atoms with van der Waals surface area (Å²) in [7, 11) is 0. The highest BCUT2D eigenvalue weighted by molar-refractivity contribution is 7.17. The number of benzene rings is 3. The second-order valence-corrected chi connectivity index (χ2v) is 9.86. The van der Waals surface area contributed by atoms with E-state index in [2.05, 4.69) is 6.92 Å². The highest BCUT2D eigenvalue weighted by Crippen LogP contribution is 2.43. The fourth-order valence-corrected chi connectivity index (χ4v) is 5.92. The molecule has 176 valence electrons. The summed E-state index contributed by atoms with van der Waals surface area (Å²) in [5.74, 6) is -0.0662. The Bertz CT molecular complexity index is 1370. The molecule has 1 aromatic heterocycles. The molecule has 5 nitrogen and oxygen atoms in total. The number of anilines is 2. The van der Waals surface area contributed by atoms with Gasteiger partial charge in [0.1, 0.15) is 9.88 Å². The van der Waals surface area contributed by atoms with Crippen molar-refractivity contribution in [2.75, 3.05) is 9.80 Å². The second-order valence-electron chi connectivity index (χ2n) is 8.86. The third-order valence-electron chi connectivity index (χ3n) is 6.48. The molecule has 6 heteroatoms. The molecule has 4 aromatic rings. The standard InChI is InChI=1S/C29H27N3O2S/c1-19-18-26(32(21(3)33)23-14-8-5-9-15-23)24-16-10-11-17-25(24)31(19)29(34)27-20(2)30-28(35-27)22-12-6-4-7-13-22/h4-17,19,26H,18H2,1-3H3/t19-,26+/m0/s1. The van der Waals surface area contributed by atoms with Crippen molar-refractivity contribution in [3.63, 3.8) is 0 Å². The Hall–Kier alpha value is -3.77. The molecule has 0 saturated heterocycles.